The van der Waals surface area contributed by atoms with Crippen molar-refractivity contribution in [3.63, 3.8) is 0 Å². The lowest BCUT2D eigenvalue weighted by molar-refractivity contribution is 0.205. The summed E-state index contributed by atoms with van der Waals surface area (Å²) in [7, 11) is 4.39. The Morgan fingerprint density at radius 2 is 2.11 bits per heavy atom. The molecule has 1 aromatic carbocycles. The van der Waals surface area contributed by atoms with Crippen molar-refractivity contribution < 1.29 is 0 Å². The lowest BCUT2D eigenvalue weighted by Gasteiger charge is -2.34. The second kappa shape index (κ2) is 5.00. The molecule has 2 heterocycles. The Balaban J connectivity index is 1.79. The van der Waals surface area contributed by atoms with Crippen LogP contribution in [0, 0.1) is 0 Å². The second-order valence-corrected chi connectivity index (χ2v) is 5.75. The third-order valence-corrected chi connectivity index (χ3v) is 4.43. The fourth-order valence-electron chi connectivity index (χ4n) is 3.27. The van der Waals surface area contributed by atoms with E-state index in [1.807, 2.05) is 0 Å². The molecule has 0 amide bonds. The molecule has 2 unspecified atom stereocenters. The van der Waals surface area contributed by atoms with Gasteiger partial charge < -0.3 is 10.2 Å². The second-order valence-electron chi connectivity index (χ2n) is 5.75. The van der Waals surface area contributed by atoms with E-state index < -0.39 is 0 Å². The Bertz CT molecular complexity index is 416. The molecule has 2 aliphatic rings. The zero-order chi connectivity index (χ0) is 12.5. The van der Waals surface area contributed by atoms with Crippen molar-refractivity contribution in [2.75, 3.05) is 33.7 Å². The largest absolute Gasteiger partial charge is 0.311 e. The van der Waals surface area contributed by atoms with Gasteiger partial charge in [0, 0.05) is 38.3 Å². The predicted molar refractivity (Wildman–Crippen MR) is 74.6 cm³/mol. The van der Waals surface area contributed by atoms with Crippen LogP contribution in [0.5, 0.6) is 0 Å². The molecule has 0 saturated carbocycles. The monoisotopic (exact) mass is 245 g/mol. The number of hydrogen-bond acceptors (Lipinski definition) is 3. The number of rotatable bonds is 2. The summed E-state index contributed by atoms with van der Waals surface area (Å²) in [5.74, 6) is 0. The molecule has 2 atom stereocenters. The zero-order valence-corrected chi connectivity index (χ0v) is 11.4. The summed E-state index contributed by atoms with van der Waals surface area (Å²) < 4.78 is 0. The molecule has 18 heavy (non-hydrogen) atoms. The van der Waals surface area contributed by atoms with Gasteiger partial charge in [-0.15, -0.1) is 0 Å². The van der Waals surface area contributed by atoms with E-state index in [1.165, 1.54) is 30.6 Å². The Labute approximate surface area is 110 Å². The SMILES string of the molecule is CN(C)C1CCN(C2CNCc3ccccc32)C1. The van der Waals surface area contributed by atoms with E-state index in [1.54, 1.807) is 0 Å². The van der Waals surface area contributed by atoms with Crippen LogP contribution in [0.1, 0.15) is 23.6 Å². The van der Waals surface area contributed by atoms with E-state index in [4.69, 9.17) is 0 Å². The van der Waals surface area contributed by atoms with Crippen molar-refractivity contribution >= 4 is 0 Å². The maximum atomic E-state index is 3.56. The van der Waals surface area contributed by atoms with Gasteiger partial charge in [-0.3, -0.25) is 4.90 Å². The predicted octanol–water partition coefficient (Wildman–Crippen LogP) is 1.47. The minimum absolute atomic E-state index is 0.569. The van der Waals surface area contributed by atoms with Gasteiger partial charge in [0.2, 0.25) is 0 Å². The summed E-state index contributed by atoms with van der Waals surface area (Å²) in [6, 6.07) is 10.2. The highest BCUT2D eigenvalue weighted by Crippen LogP contribution is 2.30. The molecule has 0 aromatic heterocycles. The van der Waals surface area contributed by atoms with Gasteiger partial charge in [-0.2, -0.15) is 0 Å². The molecule has 1 aromatic rings. The highest BCUT2D eigenvalue weighted by molar-refractivity contribution is 5.32. The molecule has 1 N–H and O–H groups in total. The maximum absolute atomic E-state index is 3.56. The van der Waals surface area contributed by atoms with Gasteiger partial charge in [0.05, 0.1) is 0 Å². The lowest BCUT2D eigenvalue weighted by atomic mass is 9.96. The van der Waals surface area contributed by atoms with Gasteiger partial charge in [-0.05, 0) is 31.6 Å². The molecule has 0 aliphatic carbocycles. The van der Waals surface area contributed by atoms with Gasteiger partial charge in [0.25, 0.3) is 0 Å². The Morgan fingerprint density at radius 1 is 1.28 bits per heavy atom. The number of hydrogen-bond donors (Lipinski definition) is 1. The minimum atomic E-state index is 0.569. The summed E-state index contributed by atoms with van der Waals surface area (Å²) in [6.45, 7) is 4.55. The fraction of sp³-hybridized carbons (Fsp3) is 0.600. The smallest absolute Gasteiger partial charge is 0.0476 e. The van der Waals surface area contributed by atoms with Crippen molar-refractivity contribution in [3.8, 4) is 0 Å². The normalized spacial score (nSPS) is 28.6. The molecule has 1 fully saturated rings. The van der Waals surface area contributed by atoms with Crippen molar-refractivity contribution in [1.82, 2.24) is 15.1 Å². The topological polar surface area (TPSA) is 18.5 Å². The molecule has 98 valence electrons. The van der Waals surface area contributed by atoms with Gasteiger partial charge in [-0.1, -0.05) is 24.3 Å². The van der Waals surface area contributed by atoms with Crippen molar-refractivity contribution in [2.24, 2.45) is 0 Å². The Morgan fingerprint density at radius 3 is 2.89 bits per heavy atom. The van der Waals surface area contributed by atoms with E-state index in [-0.39, 0.29) is 0 Å². The Hall–Kier alpha value is -0.900. The van der Waals surface area contributed by atoms with Crippen LogP contribution < -0.4 is 5.32 Å². The van der Waals surface area contributed by atoms with Gasteiger partial charge in [0.1, 0.15) is 0 Å². The maximum Gasteiger partial charge on any atom is 0.0476 e. The number of benzene rings is 1. The molecule has 0 spiro atoms. The number of likely N-dealkylation sites (tertiary alicyclic amines) is 1. The van der Waals surface area contributed by atoms with Crippen molar-refractivity contribution in [2.45, 2.75) is 25.0 Å². The zero-order valence-electron chi connectivity index (χ0n) is 11.4. The first kappa shape index (κ1) is 12.2. The molecule has 3 nitrogen and oxygen atoms in total. The summed E-state index contributed by atoms with van der Waals surface area (Å²) in [5, 5.41) is 3.56. The highest BCUT2D eigenvalue weighted by Gasteiger charge is 2.32. The molecule has 2 aliphatic heterocycles. The summed E-state index contributed by atoms with van der Waals surface area (Å²) in [6.07, 6.45) is 1.30. The first-order chi connectivity index (χ1) is 8.75. The summed E-state index contributed by atoms with van der Waals surface area (Å²) >= 11 is 0. The van der Waals surface area contributed by atoms with Crippen LogP contribution in [0.3, 0.4) is 0 Å². The van der Waals surface area contributed by atoms with Gasteiger partial charge in [-0.25, -0.2) is 0 Å². The molecule has 3 heteroatoms. The Kier molecular flexibility index (Phi) is 3.37. The molecule has 0 radical (unpaired) electrons. The number of likely N-dealkylation sites (N-methyl/N-ethyl adjacent to an activating group) is 1. The molecule has 0 bridgehead atoms. The van der Waals surface area contributed by atoms with Crippen LogP contribution in [0.2, 0.25) is 0 Å². The van der Waals surface area contributed by atoms with E-state index in [2.05, 4.69) is 53.5 Å². The highest BCUT2D eigenvalue weighted by atomic mass is 15.3. The fourth-order valence-corrected chi connectivity index (χ4v) is 3.27. The van der Waals surface area contributed by atoms with Gasteiger partial charge >= 0.3 is 0 Å². The van der Waals surface area contributed by atoms with Crippen molar-refractivity contribution in [3.05, 3.63) is 35.4 Å². The first-order valence-electron chi connectivity index (χ1n) is 6.94. The van der Waals surface area contributed by atoms with E-state index in [0.29, 0.717) is 6.04 Å². The third kappa shape index (κ3) is 2.18. The quantitative estimate of drug-likeness (QED) is 0.851. The third-order valence-electron chi connectivity index (χ3n) is 4.43. The number of nitrogens with zero attached hydrogens (tertiary/aromatic N) is 2. The number of fused-ring (bicyclic) bond motifs is 1. The molecule has 1 saturated heterocycles. The van der Waals surface area contributed by atoms with Crippen molar-refractivity contribution in [1.29, 1.82) is 0 Å². The van der Waals surface area contributed by atoms with Crippen LogP contribution in [0.4, 0.5) is 0 Å². The van der Waals surface area contributed by atoms with Crippen LogP contribution in [-0.2, 0) is 6.54 Å². The average molecular weight is 245 g/mol. The van der Waals surface area contributed by atoms with Crippen LogP contribution >= 0.6 is 0 Å². The van der Waals surface area contributed by atoms with Crippen LogP contribution in [0.25, 0.3) is 0 Å². The summed E-state index contributed by atoms with van der Waals surface area (Å²) in [5.41, 5.74) is 3.01. The molecular formula is C15H23N3. The van der Waals surface area contributed by atoms with Crippen LogP contribution in [-0.4, -0.2) is 49.6 Å². The van der Waals surface area contributed by atoms with Crippen LogP contribution in [0.15, 0.2) is 24.3 Å². The number of nitrogens with one attached hydrogen (secondary N) is 1. The van der Waals surface area contributed by atoms with E-state index >= 15 is 0 Å². The molecular weight excluding hydrogens is 222 g/mol. The standard InChI is InChI=1S/C15H23N3/c1-17(2)13-7-8-18(11-13)15-10-16-9-12-5-3-4-6-14(12)15/h3-6,13,15-16H,7-11H2,1-2H3. The lowest BCUT2D eigenvalue weighted by Crippen LogP contribution is -2.40. The molecule has 3 rings (SSSR count). The van der Waals surface area contributed by atoms with Gasteiger partial charge in [0.15, 0.2) is 0 Å². The van der Waals surface area contributed by atoms with E-state index in [9.17, 15) is 0 Å². The van der Waals surface area contributed by atoms with E-state index in [0.717, 1.165) is 19.1 Å². The summed E-state index contributed by atoms with van der Waals surface area (Å²) in [4.78, 5) is 5.01. The average Bonchev–Trinajstić information content (AvgIpc) is 2.87. The first-order valence-corrected chi connectivity index (χ1v) is 6.94. The minimum Gasteiger partial charge on any atom is -0.311 e.